The summed E-state index contributed by atoms with van der Waals surface area (Å²) in [6.45, 7) is 12.8. The molecule has 3 fully saturated rings. The van der Waals surface area contributed by atoms with Crippen LogP contribution in [-0.2, 0) is 23.4 Å². The molecular weight excluding hydrogens is 480 g/mol. The van der Waals surface area contributed by atoms with Crippen molar-refractivity contribution < 1.29 is 23.4 Å². The highest BCUT2D eigenvalue weighted by molar-refractivity contribution is 6.74. The van der Waals surface area contributed by atoms with Gasteiger partial charge in [-0.1, -0.05) is 63.9 Å². The number of carbonyl (C=O) groups is 1. The summed E-state index contributed by atoms with van der Waals surface area (Å²) in [5.74, 6) is 0.145. The van der Waals surface area contributed by atoms with Gasteiger partial charge in [-0.2, -0.15) is 0 Å². The highest BCUT2D eigenvalue weighted by atomic mass is 28.4. The molecule has 2 aliphatic carbocycles. The Labute approximate surface area is 226 Å². The Kier molecular flexibility index (Phi) is 9.58. The maximum Gasteiger partial charge on any atom is 0.308 e. The third kappa shape index (κ3) is 7.26. The minimum absolute atomic E-state index is 0.0592. The van der Waals surface area contributed by atoms with Crippen molar-refractivity contribution in [1.29, 1.82) is 0 Å². The third-order valence-corrected chi connectivity index (χ3v) is 14.1. The summed E-state index contributed by atoms with van der Waals surface area (Å²) >= 11 is 0. The van der Waals surface area contributed by atoms with Crippen molar-refractivity contribution in [2.75, 3.05) is 13.2 Å². The maximum absolute atomic E-state index is 13.5. The fraction of sp³-hybridized carbons (Fsp3) is 0.774. The number of hydrogen-bond acceptors (Lipinski definition) is 5. The van der Waals surface area contributed by atoms with Gasteiger partial charge in [-0.25, -0.2) is 0 Å². The lowest BCUT2D eigenvalue weighted by atomic mass is 9.65. The maximum atomic E-state index is 13.5. The highest BCUT2D eigenvalue weighted by Gasteiger charge is 2.49. The van der Waals surface area contributed by atoms with E-state index in [0.717, 1.165) is 64.4 Å². The van der Waals surface area contributed by atoms with Crippen LogP contribution in [0.15, 0.2) is 30.3 Å². The van der Waals surface area contributed by atoms with E-state index in [1.54, 1.807) is 0 Å². The summed E-state index contributed by atoms with van der Waals surface area (Å²) in [6.07, 6.45) is 10.3. The van der Waals surface area contributed by atoms with E-state index in [0.29, 0.717) is 6.61 Å². The van der Waals surface area contributed by atoms with E-state index in [1.807, 2.05) is 6.07 Å². The average Bonchev–Trinajstić information content (AvgIpc) is 2.84. The van der Waals surface area contributed by atoms with Gasteiger partial charge in [0.1, 0.15) is 6.10 Å². The fourth-order valence-electron chi connectivity index (χ4n) is 5.83. The number of ether oxygens (including phenoxy) is 3. The van der Waals surface area contributed by atoms with Crippen molar-refractivity contribution in [3.05, 3.63) is 35.9 Å². The SMILES string of the molecule is CC(C)(C)[Si](C)(C)OCC1([C@H](CC(=O)O[C@@H]2CCCCC2c2ccccc2)O[C@H]2CCCCO2)CCC1. The topological polar surface area (TPSA) is 54.0 Å². The summed E-state index contributed by atoms with van der Waals surface area (Å²) in [4.78, 5) is 13.5. The molecule has 0 aromatic heterocycles. The predicted molar refractivity (Wildman–Crippen MR) is 150 cm³/mol. The second-order valence-corrected chi connectivity index (χ2v) is 18.0. The average molecular weight is 531 g/mol. The molecule has 0 spiro atoms. The highest BCUT2D eigenvalue weighted by Crippen LogP contribution is 2.49. The first kappa shape index (κ1) is 28.8. The van der Waals surface area contributed by atoms with Crippen molar-refractivity contribution >= 4 is 14.3 Å². The molecule has 1 aliphatic heterocycles. The minimum Gasteiger partial charge on any atom is -0.462 e. The van der Waals surface area contributed by atoms with Crippen molar-refractivity contribution in [2.45, 2.75) is 134 Å². The van der Waals surface area contributed by atoms with Gasteiger partial charge in [-0.05, 0) is 75.1 Å². The van der Waals surface area contributed by atoms with Crippen LogP contribution >= 0.6 is 0 Å². The van der Waals surface area contributed by atoms with E-state index in [4.69, 9.17) is 18.6 Å². The van der Waals surface area contributed by atoms with Crippen LogP contribution in [0.1, 0.15) is 103 Å². The van der Waals surface area contributed by atoms with Crippen molar-refractivity contribution in [2.24, 2.45) is 5.41 Å². The second kappa shape index (κ2) is 12.3. The molecule has 1 unspecified atom stereocenters. The Morgan fingerprint density at radius 3 is 2.35 bits per heavy atom. The molecule has 37 heavy (non-hydrogen) atoms. The Balaban J connectivity index is 1.46. The summed E-state index contributed by atoms with van der Waals surface area (Å²) in [6, 6.07) is 10.6. The lowest BCUT2D eigenvalue weighted by molar-refractivity contribution is -0.231. The number of hydrogen-bond donors (Lipinski definition) is 0. The van der Waals surface area contributed by atoms with Gasteiger partial charge in [-0.3, -0.25) is 4.79 Å². The molecule has 1 aromatic rings. The monoisotopic (exact) mass is 530 g/mol. The first-order chi connectivity index (χ1) is 17.6. The standard InChI is InChI=1S/C31H50O5Si/c1-30(2,3)37(4,5)34-23-31(19-13-20-31)27(36-29-18-11-12-21-33-29)22-28(32)35-26-17-10-9-16-25(26)24-14-7-6-8-15-24/h6-8,14-15,25-27,29H,9-13,16-23H2,1-5H3/t25?,26-,27+,29+/m1/s1. The molecule has 0 bridgehead atoms. The van der Waals surface area contributed by atoms with Crippen molar-refractivity contribution in [3.8, 4) is 0 Å². The van der Waals surface area contributed by atoms with Gasteiger partial charge in [-0.15, -0.1) is 0 Å². The van der Waals surface area contributed by atoms with Crippen LogP contribution in [0, 0.1) is 5.41 Å². The quantitative estimate of drug-likeness (QED) is 0.229. The molecule has 1 saturated heterocycles. The smallest absolute Gasteiger partial charge is 0.308 e. The second-order valence-electron chi connectivity index (χ2n) is 13.2. The summed E-state index contributed by atoms with van der Waals surface area (Å²) in [5, 5.41) is 0.146. The van der Waals surface area contributed by atoms with Crippen LogP contribution in [0.4, 0.5) is 0 Å². The van der Waals surface area contributed by atoms with Crippen molar-refractivity contribution in [1.82, 2.24) is 0 Å². The number of benzene rings is 1. The van der Waals surface area contributed by atoms with E-state index in [1.165, 1.54) is 12.0 Å². The molecule has 3 aliphatic rings. The van der Waals surface area contributed by atoms with Crippen LogP contribution in [0.2, 0.25) is 18.1 Å². The van der Waals surface area contributed by atoms with Gasteiger partial charge in [0.15, 0.2) is 14.6 Å². The van der Waals surface area contributed by atoms with Crippen molar-refractivity contribution in [3.63, 3.8) is 0 Å². The number of carbonyl (C=O) groups excluding carboxylic acids is 1. The molecule has 4 atom stereocenters. The van der Waals surface area contributed by atoms with Crippen LogP contribution in [-0.4, -0.2) is 46.0 Å². The van der Waals surface area contributed by atoms with E-state index in [-0.39, 0.29) is 47.3 Å². The molecular formula is C31H50O5Si. The summed E-state index contributed by atoms with van der Waals surface area (Å²) < 4.78 is 25.6. The first-order valence-electron chi connectivity index (χ1n) is 14.8. The number of rotatable bonds is 10. The van der Waals surface area contributed by atoms with Gasteiger partial charge in [0.25, 0.3) is 0 Å². The fourth-order valence-corrected chi connectivity index (χ4v) is 6.91. The molecule has 0 N–H and O–H groups in total. The lowest BCUT2D eigenvalue weighted by Gasteiger charge is -2.50. The molecule has 6 heteroatoms. The molecule has 5 nitrogen and oxygen atoms in total. The molecule has 1 heterocycles. The zero-order valence-corrected chi connectivity index (χ0v) is 24.9. The molecule has 2 saturated carbocycles. The van der Waals surface area contributed by atoms with Gasteiger partial charge < -0.3 is 18.6 Å². The molecule has 208 valence electrons. The third-order valence-electron chi connectivity index (χ3n) is 9.58. The Morgan fingerprint density at radius 1 is 1.03 bits per heavy atom. The first-order valence-corrected chi connectivity index (χ1v) is 17.7. The summed E-state index contributed by atoms with van der Waals surface area (Å²) in [5.41, 5.74) is 1.14. The van der Waals surface area contributed by atoms with Crippen LogP contribution in [0.5, 0.6) is 0 Å². The van der Waals surface area contributed by atoms with Crippen LogP contribution < -0.4 is 0 Å². The van der Waals surface area contributed by atoms with Gasteiger partial charge in [0.2, 0.25) is 0 Å². The summed E-state index contributed by atoms with van der Waals surface area (Å²) in [7, 11) is -1.92. The van der Waals surface area contributed by atoms with E-state index >= 15 is 0 Å². The van der Waals surface area contributed by atoms with Gasteiger partial charge in [0.05, 0.1) is 12.5 Å². The molecule has 0 amide bonds. The van der Waals surface area contributed by atoms with E-state index < -0.39 is 8.32 Å². The largest absolute Gasteiger partial charge is 0.462 e. The Morgan fingerprint density at radius 2 is 1.73 bits per heavy atom. The zero-order valence-electron chi connectivity index (χ0n) is 23.9. The van der Waals surface area contributed by atoms with Gasteiger partial charge in [0, 0.05) is 24.5 Å². The zero-order chi connectivity index (χ0) is 26.5. The molecule has 1 aromatic carbocycles. The van der Waals surface area contributed by atoms with E-state index in [2.05, 4.69) is 58.1 Å². The minimum atomic E-state index is -1.92. The van der Waals surface area contributed by atoms with Gasteiger partial charge >= 0.3 is 5.97 Å². The predicted octanol–water partition coefficient (Wildman–Crippen LogP) is 7.75. The van der Waals surface area contributed by atoms with Crippen LogP contribution in [0.3, 0.4) is 0 Å². The normalized spacial score (nSPS) is 27.2. The lowest BCUT2D eigenvalue weighted by Crippen LogP contribution is -2.53. The van der Waals surface area contributed by atoms with E-state index in [9.17, 15) is 4.79 Å². The van der Waals surface area contributed by atoms with Crippen LogP contribution in [0.25, 0.3) is 0 Å². The number of esters is 1. The molecule has 0 radical (unpaired) electrons. The Bertz CT molecular complexity index is 854. The molecule has 4 rings (SSSR count). The Hall–Kier alpha value is -1.21.